The standard InChI is InChI=1S/C18H25Cl2N3O3S.ClH/c1-27(25,26)23-6-2-3-15(13-23)18(24)22-9-7-21(8-10-22)12-14-4-5-16(19)11-17(14)20;/h4-5,11,15H,2-3,6-10,12-13H2,1H3;1H. The van der Waals surface area contributed by atoms with Crippen LogP contribution >= 0.6 is 35.6 Å². The van der Waals surface area contributed by atoms with Crippen LogP contribution in [0.2, 0.25) is 10.0 Å². The summed E-state index contributed by atoms with van der Waals surface area (Å²) < 4.78 is 25.0. The summed E-state index contributed by atoms with van der Waals surface area (Å²) in [6.45, 7) is 4.39. The van der Waals surface area contributed by atoms with Crippen LogP contribution in [0.5, 0.6) is 0 Å². The van der Waals surface area contributed by atoms with Gasteiger partial charge in [-0.25, -0.2) is 12.7 Å². The van der Waals surface area contributed by atoms with E-state index in [0.717, 1.165) is 38.0 Å². The fourth-order valence-electron chi connectivity index (χ4n) is 3.72. The number of amides is 1. The molecule has 6 nitrogen and oxygen atoms in total. The molecule has 2 aliphatic rings. The molecule has 1 unspecified atom stereocenters. The number of benzene rings is 1. The average molecular weight is 471 g/mol. The molecule has 2 saturated heterocycles. The maximum absolute atomic E-state index is 12.8. The van der Waals surface area contributed by atoms with Gasteiger partial charge in [-0.3, -0.25) is 9.69 Å². The highest BCUT2D eigenvalue weighted by atomic mass is 35.5. The highest BCUT2D eigenvalue weighted by molar-refractivity contribution is 7.88. The number of piperazine rings is 1. The minimum atomic E-state index is -3.24. The SMILES string of the molecule is CS(=O)(=O)N1CCCC(C(=O)N2CCN(Cc3ccc(Cl)cc3Cl)CC2)C1.Cl. The van der Waals surface area contributed by atoms with Gasteiger partial charge in [-0.15, -0.1) is 12.4 Å². The molecule has 0 aromatic heterocycles. The fraction of sp³-hybridized carbons (Fsp3) is 0.611. The van der Waals surface area contributed by atoms with Crippen LogP contribution < -0.4 is 0 Å². The summed E-state index contributed by atoms with van der Waals surface area (Å²) in [5.41, 5.74) is 1.02. The van der Waals surface area contributed by atoms with E-state index < -0.39 is 10.0 Å². The van der Waals surface area contributed by atoms with Crippen LogP contribution in [0, 0.1) is 5.92 Å². The van der Waals surface area contributed by atoms with E-state index in [0.29, 0.717) is 36.2 Å². The molecule has 0 bridgehead atoms. The highest BCUT2D eigenvalue weighted by Crippen LogP contribution is 2.24. The Morgan fingerprint density at radius 2 is 1.82 bits per heavy atom. The average Bonchev–Trinajstić information content (AvgIpc) is 2.63. The van der Waals surface area contributed by atoms with Crippen LogP contribution in [-0.4, -0.2) is 74.0 Å². The van der Waals surface area contributed by atoms with Crippen LogP contribution in [0.15, 0.2) is 18.2 Å². The van der Waals surface area contributed by atoms with E-state index in [9.17, 15) is 13.2 Å². The van der Waals surface area contributed by atoms with E-state index in [4.69, 9.17) is 23.2 Å². The Labute approximate surface area is 183 Å². The second kappa shape index (κ2) is 9.96. The number of carbonyl (C=O) groups excluding carboxylic acids is 1. The zero-order valence-corrected chi connectivity index (χ0v) is 19.0. The Balaban J connectivity index is 0.00000280. The molecule has 1 amide bonds. The molecule has 1 atom stereocenters. The molecule has 1 aromatic carbocycles. The quantitative estimate of drug-likeness (QED) is 0.679. The van der Waals surface area contributed by atoms with Gasteiger partial charge in [0.25, 0.3) is 0 Å². The van der Waals surface area contributed by atoms with Gasteiger partial charge in [0.2, 0.25) is 15.9 Å². The number of halogens is 3. The summed E-state index contributed by atoms with van der Waals surface area (Å²) in [6, 6.07) is 5.51. The molecule has 10 heteroatoms. The van der Waals surface area contributed by atoms with Crippen molar-refractivity contribution in [2.75, 3.05) is 45.5 Å². The van der Waals surface area contributed by atoms with Crippen molar-refractivity contribution in [3.05, 3.63) is 33.8 Å². The summed E-state index contributed by atoms with van der Waals surface area (Å²) in [5, 5.41) is 1.28. The number of hydrogen-bond donors (Lipinski definition) is 0. The molecule has 28 heavy (non-hydrogen) atoms. The minimum Gasteiger partial charge on any atom is -0.340 e. The third-order valence-electron chi connectivity index (χ3n) is 5.30. The van der Waals surface area contributed by atoms with E-state index >= 15 is 0 Å². The topological polar surface area (TPSA) is 60.9 Å². The maximum atomic E-state index is 12.8. The number of hydrogen-bond acceptors (Lipinski definition) is 4. The van der Waals surface area contributed by atoms with Crippen LogP contribution in [0.4, 0.5) is 0 Å². The van der Waals surface area contributed by atoms with Gasteiger partial charge in [0.05, 0.1) is 12.2 Å². The largest absolute Gasteiger partial charge is 0.340 e. The Morgan fingerprint density at radius 3 is 2.43 bits per heavy atom. The summed E-state index contributed by atoms with van der Waals surface area (Å²) in [7, 11) is -3.24. The van der Waals surface area contributed by atoms with Gasteiger partial charge in [0, 0.05) is 55.9 Å². The minimum absolute atomic E-state index is 0. The monoisotopic (exact) mass is 469 g/mol. The lowest BCUT2D eigenvalue weighted by Crippen LogP contribution is -2.52. The summed E-state index contributed by atoms with van der Waals surface area (Å²) in [4.78, 5) is 17.0. The first-order chi connectivity index (χ1) is 12.7. The second-order valence-corrected chi connectivity index (χ2v) is 10.1. The Morgan fingerprint density at radius 1 is 1.14 bits per heavy atom. The van der Waals surface area contributed by atoms with Crippen LogP contribution in [0.1, 0.15) is 18.4 Å². The molecular weight excluding hydrogens is 445 g/mol. The van der Waals surface area contributed by atoms with Crippen molar-refractivity contribution in [2.45, 2.75) is 19.4 Å². The predicted molar refractivity (Wildman–Crippen MR) is 115 cm³/mol. The lowest BCUT2D eigenvalue weighted by Gasteiger charge is -2.38. The van der Waals surface area contributed by atoms with E-state index in [1.165, 1.54) is 10.6 Å². The molecule has 0 N–H and O–H groups in total. The van der Waals surface area contributed by atoms with Crippen LogP contribution in [0.3, 0.4) is 0 Å². The number of rotatable bonds is 4. The van der Waals surface area contributed by atoms with E-state index in [2.05, 4.69) is 4.90 Å². The van der Waals surface area contributed by atoms with Crippen LogP contribution in [0.25, 0.3) is 0 Å². The number of carbonyl (C=O) groups is 1. The first kappa shape index (κ1) is 23.7. The number of sulfonamides is 1. The lowest BCUT2D eigenvalue weighted by molar-refractivity contribution is -0.138. The van der Waals surface area contributed by atoms with Crippen molar-refractivity contribution in [1.82, 2.24) is 14.1 Å². The van der Waals surface area contributed by atoms with Crippen molar-refractivity contribution in [3.8, 4) is 0 Å². The molecule has 158 valence electrons. The van der Waals surface area contributed by atoms with Crippen molar-refractivity contribution in [2.24, 2.45) is 5.92 Å². The maximum Gasteiger partial charge on any atom is 0.227 e. The number of nitrogens with zero attached hydrogens (tertiary/aromatic N) is 3. The van der Waals surface area contributed by atoms with Gasteiger partial charge in [-0.05, 0) is 30.5 Å². The van der Waals surface area contributed by atoms with Crippen molar-refractivity contribution in [3.63, 3.8) is 0 Å². The van der Waals surface area contributed by atoms with Gasteiger partial charge in [0.1, 0.15) is 0 Å². The first-order valence-corrected chi connectivity index (χ1v) is 11.7. The lowest BCUT2D eigenvalue weighted by atomic mass is 9.97. The molecule has 1 aromatic rings. The van der Waals surface area contributed by atoms with Gasteiger partial charge >= 0.3 is 0 Å². The molecule has 0 saturated carbocycles. The van der Waals surface area contributed by atoms with Gasteiger partial charge < -0.3 is 4.90 Å². The Kier molecular flexibility index (Phi) is 8.43. The highest BCUT2D eigenvalue weighted by Gasteiger charge is 2.33. The molecular formula is C18H26Cl3N3O3S. The molecule has 2 fully saturated rings. The third-order valence-corrected chi connectivity index (χ3v) is 7.15. The second-order valence-electron chi connectivity index (χ2n) is 7.30. The Bertz CT molecular complexity index is 799. The van der Waals surface area contributed by atoms with Crippen molar-refractivity contribution >= 4 is 51.5 Å². The molecule has 3 rings (SSSR count). The molecule has 0 aliphatic carbocycles. The van der Waals surface area contributed by atoms with Gasteiger partial charge in [0.15, 0.2) is 0 Å². The Hall–Kier alpha value is -0.570. The molecule has 2 heterocycles. The molecule has 0 spiro atoms. The van der Waals surface area contributed by atoms with Crippen molar-refractivity contribution in [1.29, 1.82) is 0 Å². The summed E-state index contributed by atoms with van der Waals surface area (Å²) in [6.07, 6.45) is 2.70. The predicted octanol–water partition coefficient (Wildman–Crippen LogP) is 2.73. The van der Waals surface area contributed by atoms with E-state index in [1.54, 1.807) is 6.07 Å². The van der Waals surface area contributed by atoms with E-state index in [1.807, 2.05) is 17.0 Å². The van der Waals surface area contributed by atoms with Crippen molar-refractivity contribution < 1.29 is 13.2 Å². The fourth-order valence-corrected chi connectivity index (χ4v) is 5.10. The summed E-state index contributed by atoms with van der Waals surface area (Å²) >= 11 is 12.2. The van der Waals surface area contributed by atoms with Gasteiger partial charge in [-0.2, -0.15) is 0 Å². The zero-order chi connectivity index (χ0) is 19.6. The third kappa shape index (κ3) is 5.97. The van der Waals surface area contributed by atoms with Gasteiger partial charge in [-0.1, -0.05) is 29.3 Å². The summed E-state index contributed by atoms with van der Waals surface area (Å²) in [5.74, 6) is -0.154. The van der Waals surface area contributed by atoms with Crippen LogP contribution in [-0.2, 0) is 21.4 Å². The normalized spacial score (nSPS) is 22.0. The molecule has 2 aliphatic heterocycles. The van der Waals surface area contributed by atoms with E-state index in [-0.39, 0.29) is 24.2 Å². The zero-order valence-electron chi connectivity index (χ0n) is 15.8. The first-order valence-electron chi connectivity index (χ1n) is 9.14. The smallest absolute Gasteiger partial charge is 0.227 e. The number of piperidine rings is 1. The molecule has 0 radical (unpaired) electrons.